The van der Waals surface area contributed by atoms with Gasteiger partial charge in [-0.15, -0.1) is 0 Å². The Labute approximate surface area is 169 Å². The summed E-state index contributed by atoms with van der Waals surface area (Å²) in [5.41, 5.74) is 2.14. The molecule has 3 N–H and O–H groups in total. The molecule has 1 fully saturated rings. The molecule has 0 radical (unpaired) electrons. The van der Waals surface area contributed by atoms with E-state index in [1.807, 2.05) is 12.1 Å². The predicted molar refractivity (Wildman–Crippen MR) is 114 cm³/mol. The molecule has 0 amide bonds. The number of benzene rings is 1. The third-order valence-electron chi connectivity index (χ3n) is 5.35. The number of nitrogens with zero attached hydrogens (tertiary/aromatic N) is 3. The molecule has 0 aliphatic carbocycles. The molecule has 8 nitrogen and oxygen atoms in total. The Morgan fingerprint density at radius 3 is 2.59 bits per heavy atom. The lowest BCUT2D eigenvalue weighted by Gasteiger charge is -2.46. The van der Waals surface area contributed by atoms with Crippen LogP contribution in [0.1, 0.15) is 40.5 Å². The highest BCUT2D eigenvalue weighted by Crippen LogP contribution is 2.33. The van der Waals surface area contributed by atoms with Gasteiger partial charge in [-0.2, -0.15) is 0 Å². The number of nitrogens with one attached hydrogen (secondary N) is 3. The van der Waals surface area contributed by atoms with Gasteiger partial charge in [-0.05, 0) is 46.6 Å². The van der Waals surface area contributed by atoms with Crippen molar-refractivity contribution in [3.05, 3.63) is 46.8 Å². The van der Waals surface area contributed by atoms with Crippen molar-refractivity contribution in [1.82, 2.24) is 20.3 Å². The van der Waals surface area contributed by atoms with Gasteiger partial charge in [0.1, 0.15) is 5.52 Å². The van der Waals surface area contributed by atoms with Crippen molar-refractivity contribution in [2.45, 2.75) is 57.7 Å². The maximum Gasteiger partial charge on any atom is 0.293 e. The highest BCUT2D eigenvalue weighted by Gasteiger charge is 2.37. The largest absolute Gasteiger partial charge is 0.355 e. The summed E-state index contributed by atoms with van der Waals surface area (Å²) >= 11 is 0. The molecule has 3 aromatic rings. The first kappa shape index (κ1) is 19.3. The lowest BCUT2D eigenvalue weighted by atomic mass is 9.80. The van der Waals surface area contributed by atoms with E-state index in [1.54, 1.807) is 18.5 Å². The molecule has 0 bridgehead atoms. The van der Waals surface area contributed by atoms with Crippen LogP contribution in [0.4, 0.5) is 11.6 Å². The standard InChI is InChI=1S/C21H26N6O2/c1-20(2)10-13(11-21(3,4)26-20)24-19-22-9-8-16(25-19)15-12-23-18-14(15)6-5-7-17(18)27(28)29/h5-9,12-13,23,26H,10-11H2,1-4H3,(H,22,24,25). The molecule has 1 aromatic carbocycles. The van der Waals surface area contributed by atoms with Gasteiger partial charge in [0, 0.05) is 46.5 Å². The Hall–Kier alpha value is -3.00. The first-order chi connectivity index (χ1) is 13.6. The number of H-pyrrole nitrogens is 1. The summed E-state index contributed by atoms with van der Waals surface area (Å²) in [7, 11) is 0. The van der Waals surface area contributed by atoms with Crippen molar-refractivity contribution in [3.8, 4) is 11.3 Å². The summed E-state index contributed by atoms with van der Waals surface area (Å²) < 4.78 is 0. The second-order valence-electron chi connectivity index (χ2n) is 9.07. The van der Waals surface area contributed by atoms with E-state index in [0.717, 1.165) is 29.5 Å². The van der Waals surface area contributed by atoms with Crippen LogP contribution in [0, 0.1) is 10.1 Å². The van der Waals surface area contributed by atoms with Gasteiger partial charge < -0.3 is 15.6 Å². The van der Waals surface area contributed by atoms with E-state index in [0.29, 0.717) is 11.5 Å². The Morgan fingerprint density at radius 1 is 1.17 bits per heavy atom. The number of aromatic amines is 1. The minimum Gasteiger partial charge on any atom is -0.355 e. The summed E-state index contributed by atoms with van der Waals surface area (Å²) in [5.74, 6) is 0.570. The highest BCUT2D eigenvalue weighted by atomic mass is 16.6. The molecule has 0 atom stereocenters. The maximum absolute atomic E-state index is 11.3. The van der Waals surface area contributed by atoms with E-state index < -0.39 is 0 Å². The number of hydrogen-bond acceptors (Lipinski definition) is 6. The number of fused-ring (bicyclic) bond motifs is 1. The van der Waals surface area contributed by atoms with E-state index in [4.69, 9.17) is 4.98 Å². The fourth-order valence-corrected chi connectivity index (χ4v) is 4.69. The Morgan fingerprint density at radius 2 is 1.90 bits per heavy atom. The van der Waals surface area contributed by atoms with Gasteiger partial charge in [-0.25, -0.2) is 9.97 Å². The van der Waals surface area contributed by atoms with Gasteiger partial charge in [-0.1, -0.05) is 12.1 Å². The van der Waals surface area contributed by atoms with Gasteiger partial charge in [0.05, 0.1) is 10.6 Å². The summed E-state index contributed by atoms with van der Waals surface area (Å²) in [6.45, 7) is 8.83. The first-order valence-electron chi connectivity index (χ1n) is 9.77. The third-order valence-corrected chi connectivity index (χ3v) is 5.35. The predicted octanol–water partition coefficient (Wildman–Crippen LogP) is 4.25. The smallest absolute Gasteiger partial charge is 0.293 e. The normalized spacial score (nSPS) is 18.6. The summed E-state index contributed by atoms with van der Waals surface area (Å²) in [6, 6.07) is 7.12. The van der Waals surface area contributed by atoms with Crippen LogP contribution in [-0.2, 0) is 0 Å². The zero-order chi connectivity index (χ0) is 20.8. The number of nitro benzene ring substituents is 1. The van der Waals surface area contributed by atoms with Crippen molar-refractivity contribution >= 4 is 22.5 Å². The Balaban J connectivity index is 1.64. The van der Waals surface area contributed by atoms with Crippen molar-refractivity contribution in [2.75, 3.05) is 5.32 Å². The van der Waals surface area contributed by atoms with Gasteiger partial charge in [0.15, 0.2) is 0 Å². The second kappa shape index (κ2) is 6.81. The first-order valence-corrected chi connectivity index (χ1v) is 9.77. The molecular formula is C21H26N6O2. The van der Waals surface area contributed by atoms with E-state index in [-0.39, 0.29) is 27.7 Å². The van der Waals surface area contributed by atoms with Crippen molar-refractivity contribution in [1.29, 1.82) is 0 Å². The van der Waals surface area contributed by atoms with Crippen LogP contribution in [0.2, 0.25) is 0 Å². The Kier molecular flexibility index (Phi) is 4.53. The number of hydrogen-bond donors (Lipinski definition) is 3. The molecule has 0 saturated carbocycles. The summed E-state index contributed by atoms with van der Waals surface area (Å²) in [6.07, 6.45) is 5.41. The Bertz CT molecular complexity index is 1060. The van der Waals surface area contributed by atoms with E-state index >= 15 is 0 Å². The molecule has 1 saturated heterocycles. The molecule has 152 valence electrons. The number of para-hydroxylation sites is 1. The van der Waals surface area contributed by atoms with Crippen LogP contribution in [0.25, 0.3) is 22.2 Å². The molecule has 2 aromatic heterocycles. The topological polar surface area (TPSA) is 109 Å². The molecule has 8 heteroatoms. The van der Waals surface area contributed by atoms with Crippen LogP contribution in [0.3, 0.4) is 0 Å². The zero-order valence-corrected chi connectivity index (χ0v) is 17.1. The molecule has 0 spiro atoms. The van der Waals surface area contributed by atoms with Gasteiger partial charge in [0.2, 0.25) is 5.95 Å². The molecule has 3 heterocycles. The minimum absolute atomic E-state index is 0.0206. The van der Waals surface area contributed by atoms with Crippen LogP contribution >= 0.6 is 0 Å². The number of anilines is 1. The summed E-state index contributed by atoms with van der Waals surface area (Å²) in [5, 5.41) is 19.2. The fraction of sp³-hybridized carbons (Fsp3) is 0.429. The molecular weight excluding hydrogens is 368 g/mol. The number of piperidine rings is 1. The zero-order valence-electron chi connectivity index (χ0n) is 17.1. The van der Waals surface area contributed by atoms with E-state index in [9.17, 15) is 10.1 Å². The van der Waals surface area contributed by atoms with Gasteiger partial charge >= 0.3 is 0 Å². The van der Waals surface area contributed by atoms with Crippen LogP contribution < -0.4 is 10.6 Å². The maximum atomic E-state index is 11.3. The van der Waals surface area contributed by atoms with E-state index in [2.05, 4.69) is 48.3 Å². The van der Waals surface area contributed by atoms with Gasteiger partial charge in [0.25, 0.3) is 5.69 Å². The second-order valence-corrected chi connectivity index (χ2v) is 9.07. The lowest BCUT2D eigenvalue weighted by Crippen LogP contribution is -2.60. The number of rotatable bonds is 4. The van der Waals surface area contributed by atoms with Crippen molar-refractivity contribution in [3.63, 3.8) is 0 Å². The molecule has 1 aliphatic heterocycles. The number of aromatic nitrogens is 3. The monoisotopic (exact) mass is 394 g/mol. The number of non-ortho nitro benzene ring substituents is 1. The third kappa shape index (κ3) is 3.93. The lowest BCUT2D eigenvalue weighted by molar-refractivity contribution is -0.383. The van der Waals surface area contributed by atoms with E-state index in [1.165, 1.54) is 6.07 Å². The average Bonchev–Trinajstić information content (AvgIpc) is 3.03. The van der Waals surface area contributed by atoms with Crippen LogP contribution in [0.5, 0.6) is 0 Å². The minimum atomic E-state index is -0.379. The van der Waals surface area contributed by atoms with Crippen molar-refractivity contribution in [2.24, 2.45) is 0 Å². The fourth-order valence-electron chi connectivity index (χ4n) is 4.69. The highest BCUT2D eigenvalue weighted by molar-refractivity contribution is 5.99. The molecule has 29 heavy (non-hydrogen) atoms. The average molecular weight is 394 g/mol. The quantitative estimate of drug-likeness (QED) is 0.451. The SMILES string of the molecule is CC1(C)CC(Nc2nccc(-c3c[nH]c4c([N+](=O)[O-])cccc34)n2)CC(C)(C)N1. The van der Waals surface area contributed by atoms with Crippen LogP contribution in [0.15, 0.2) is 36.7 Å². The van der Waals surface area contributed by atoms with Crippen LogP contribution in [-0.4, -0.2) is 37.0 Å². The molecule has 1 aliphatic rings. The van der Waals surface area contributed by atoms with Gasteiger partial charge in [-0.3, -0.25) is 10.1 Å². The molecule has 0 unspecified atom stereocenters. The number of nitro groups is 1. The van der Waals surface area contributed by atoms with Crippen molar-refractivity contribution < 1.29 is 4.92 Å². The molecule has 4 rings (SSSR count). The summed E-state index contributed by atoms with van der Waals surface area (Å²) in [4.78, 5) is 23.0.